The Morgan fingerprint density at radius 2 is 1.97 bits per heavy atom. The molecule has 0 aliphatic carbocycles. The lowest BCUT2D eigenvalue weighted by Gasteiger charge is -2.22. The van der Waals surface area contributed by atoms with E-state index >= 15 is 0 Å². The fourth-order valence-electron chi connectivity index (χ4n) is 3.27. The zero-order valence-electron chi connectivity index (χ0n) is 16.9. The van der Waals surface area contributed by atoms with Crippen molar-refractivity contribution in [1.82, 2.24) is 30.0 Å². The number of rotatable bonds is 8. The van der Waals surface area contributed by atoms with Crippen LogP contribution in [0.1, 0.15) is 32.1 Å². The van der Waals surface area contributed by atoms with Crippen LogP contribution in [0.4, 0.5) is 0 Å². The molecule has 0 radical (unpaired) electrons. The Morgan fingerprint density at radius 1 is 1.17 bits per heavy atom. The summed E-state index contributed by atoms with van der Waals surface area (Å²) in [7, 11) is 0. The third-order valence-corrected chi connectivity index (χ3v) is 5.14. The van der Waals surface area contributed by atoms with Crippen molar-refractivity contribution in [2.24, 2.45) is 5.92 Å². The molecule has 8 heteroatoms. The molecule has 4 aromatic rings. The standard InChI is InChI=1S/C22H24N6O2/c1-3-15(2)21(22-25-18-9-4-5-10-19(18)26-22)27-20(29)12-30-17-8-6-7-16(11-17)28-13-23-24-14-28/h4-11,13-15,21H,3,12H2,1-2H3,(H,25,26)(H,27,29)/t15-,21+/m1/s1. The van der Waals surface area contributed by atoms with Crippen LogP contribution in [-0.4, -0.2) is 37.2 Å². The zero-order chi connectivity index (χ0) is 20.9. The van der Waals surface area contributed by atoms with Gasteiger partial charge in [0, 0.05) is 6.07 Å². The molecule has 0 fully saturated rings. The van der Waals surface area contributed by atoms with Crippen molar-refractivity contribution in [1.29, 1.82) is 0 Å². The third kappa shape index (κ3) is 4.32. The van der Waals surface area contributed by atoms with Crippen LogP contribution < -0.4 is 10.1 Å². The number of ether oxygens (including phenoxy) is 1. The Hall–Kier alpha value is -3.68. The highest BCUT2D eigenvalue weighted by Gasteiger charge is 2.23. The molecule has 4 rings (SSSR count). The fraction of sp³-hybridized carbons (Fsp3) is 0.273. The Labute approximate surface area is 174 Å². The molecule has 0 saturated carbocycles. The number of imidazole rings is 1. The van der Waals surface area contributed by atoms with Gasteiger partial charge in [0.2, 0.25) is 0 Å². The molecule has 0 aliphatic rings. The number of H-pyrrole nitrogens is 1. The smallest absolute Gasteiger partial charge is 0.258 e. The van der Waals surface area contributed by atoms with Crippen molar-refractivity contribution in [3.05, 3.63) is 67.0 Å². The number of nitrogens with one attached hydrogen (secondary N) is 2. The fourth-order valence-corrected chi connectivity index (χ4v) is 3.27. The number of nitrogens with zero attached hydrogens (tertiary/aromatic N) is 4. The highest BCUT2D eigenvalue weighted by Crippen LogP contribution is 2.24. The molecule has 0 aliphatic heterocycles. The largest absolute Gasteiger partial charge is 0.484 e. The van der Waals surface area contributed by atoms with E-state index in [0.29, 0.717) is 5.75 Å². The number of hydrogen-bond acceptors (Lipinski definition) is 5. The van der Waals surface area contributed by atoms with Crippen LogP contribution in [0.2, 0.25) is 0 Å². The quantitative estimate of drug-likeness (QED) is 0.469. The molecule has 2 aromatic heterocycles. The Morgan fingerprint density at radius 3 is 2.73 bits per heavy atom. The SMILES string of the molecule is CC[C@@H](C)[C@H](NC(=O)COc1cccc(-n2cnnc2)c1)c1nc2ccccc2[nH]1. The van der Waals surface area contributed by atoms with Gasteiger partial charge in [-0.1, -0.05) is 38.5 Å². The normalized spacial score (nSPS) is 13.1. The van der Waals surface area contributed by atoms with Crippen LogP contribution in [0.5, 0.6) is 5.75 Å². The van der Waals surface area contributed by atoms with Gasteiger partial charge in [0.25, 0.3) is 5.91 Å². The predicted octanol–water partition coefficient (Wildman–Crippen LogP) is 3.43. The molecule has 30 heavy (non-hydrogen) atoms. The summed E-state index contributed by atoms with van der Waals surface area (Å²) in [5, 5.41) is 10.7. The van der Waals surface area contributed by atoms with Gasteiger partial charge in [-0.2, -0.15) is 0 Å². The lowest BCUT2D eigenvalue weighted by Crippen LogP contribution is -2.36. The Balaban J connectivity index is 1.44. The second-order valence-corrected chi connectivity index (χ2v) is 7.23. The van der Waals surface area contributed by atoms with Crippen LogP contribution in [0, 0.1) is 5.92 Å². The third-order valence-electron chi connectivity index (χ3n) is 5.14. The summed E-state index contributed by atoms with van der Waals surface area (Å²) in [5.74, 6) is 1.37. The van der Waals surface area contributed by atoms with Crippen molar-refractivity contribution in [3.63, 3.8) is 0 Å². The van der Waals surface area contributed by atoms with Gasteiger partial charge in [0.05, 0.1) is 22.8 Å². The molecular weight excluding hydrogens is 380 g/mol. The van der Waals surface area contributed by atoms with Gasteiger partial charge in [0.1, 0.15) is 24.2 Å². The number of aromatic nitrogens is 5. The van der Waals surface area contributed by atoms with Gasteiger partial charge < -0.3 is 15.0 Å². The number of aromatic amines is 1. The minimum Gasteiger partial charge on any atom is -0.484 e. The first-order valence-corrected chi connectivity index (χ1v) is 9.96. The summed E-state index contributed by atoms with van der Waals surface area (Å²) in [5.41, 5.74) is 2.70. The average molecular weight is 404 g/mol. The maximum atomic E-state index is 12.6. The predicted molar refractivity (Wildman–Crippen MR) is 113 cm³/mol. The number of carbonyl (C=O) groups is 1. The van der Waals surface area contributed by atoms with Gasteiger partial charge in [-0.3, -0.25) is 9.36 Å². The number of amides is 1. The molecule has 1 amide bonds. The molecule has 2 N–H and O–H groups in total. The van der Waals surface area contributed by atoms with Crippen molar-refractivity contribution in [3.8, 4) is 11.4 Å². The van der Waals surface area contributed by atoms with Crippen molar-refractivity contribution >= 4 is 16.9 Å². The summed E-state index contributed by atoms with van der Waals surface area (Å²) >= 11 is 0. The van der Waals surface area contributed by atoms with E-state index in [1.54, 1.807) is 17.2 Å². The molecule has 0 saturated heterocycles. The van der Waals surface area contributed by atoms with E-state index in [0.717, 1.165) is 29.0 Å². The van der Waals surface area contributed by atoms with E-state index in [9.17, 15) is 4.79 Å². The number of hydrogen-bond donors (Lipinski definition) is 2. The van der Waals surface area contributed by atoms with Gasteiger partial charge in [0.15, 0.2) is 6.61 Å². The van der Waals surface area contributed by atoms with Crippen LogP contribution in [0.3, 0.4) is 0 Å². The molecule has 0 spiro atoms. The van der Waals surface area contributed by atoms with E-state index < -0.39 is 0 Å². The zero-order valence-corrected chi connectivity index (χ0v) is 16.9. The first kappa shape index (κ1) is 19.6. The average Bonchev–Trinajstić information content (AvgIpc) is 3.45. The topological polar surface area (TPSA) is 97.7 Å². The summed E-state index contributed by atoms with van der Waals surface area (Å²) < 4.78 is 7.49. The van der Waals surface area contributed by atoms with Crippen LogP contribution in [0.15, 0.2) is 61.2 Å². The molecule has 0 bridgehead atoms. The Kier molecular flexibility index (Phi) is 5.74. The maximum Gasteiger partial charge on any atom is 0.258 e. The molecule has 154 valence electrons. The monoisotopic (exact) mass is 404 g/mol. The lowest BCUT2D eigenvalue weighted by molar-refractivity contribution is -0.124. The van der Waals surface area contributed by atoms with Gasteiger partial charge in [-0.15, -0.1) is 10.2 Å². The number of para-hydroxylation sites is 2. The summed E-state index contributed by atoms with van der Waals surface area (Å²) in [6.07, 6.45) is 4.12. The second-order valence-electron chi connectivity index (χ2n) is 7.23. The molecule has 2 aromatic carbocycles. The van der Waals surface area contributed by atoms with Gasteiger partial charge in [-0.05, 0) is 30.2 Å². The second kappa shape index (κ2) is 8.77. The van der Waals surface area contributed by atoms with Crippen molar-refractivity contribution in [2.45, 2.75) is 26.3 Å². The highest BCUT2D eigenvalue weighted by atomic mass is 16.5. The first-order chi connectivity index (χ1) is 14.6. The minimum atomic E-state index is -0.221. The maximum absolute atomic E-state index is 12.6. The van der Waals surface area contributed by atoms with E-state index in [-0.39, 0.29) is 24.5 Å². The highest BCUT2D eigenvalue weighted by molar-refractivity contribution is 5.78. The van der Waals surface area contributed by atoms with E-state index in [2.05, 4.69) is 39.3 Å². The van der Waals surface area contributed by atoms with E-state index in [1.807, 2.05) is 48.5 Å². The molecule has 2 heterocycles. The minimum absolute atomic E-state index is 0.0845. The molecule has 2 atom stereocenters. The molecule has 0 unspecified atom stereocenters. The van der Waals surface area contributed by atoms with Crippen LogP contribution >= 0.6 is 0 Å². The van der Waals surface area contributed by atoms with E-state index in [1.165, 1.54) is 0 Å². The number of benzene rings is 2. The van der Waals surface area contributed by atoms with Crippen LogP contribution in [0.25, 0.3) is 16.7 Å². The number of fused-ring (bicyclic) bond motifs is 1. The van der Waals surface area contributed by atoms with Crippen LogP contribution in [-0.2, 0) is 4.79 Å². The molecular formula is C22H24N6O2. The van der Waals surface area contributed by atoms with Crippen molar-refractivity contribution in [2.75, 3.05) is 6.61 Å². The lowest BCUT2D eigenvalue weighted by atomic mass is 9.98. The van der Waals surface area contributed by atoms with Crippen molar-refractivity contribution < 1.29 is 9.53 Å². The number of carbonyl (C=O) groups excluding carboxylic acids is 1. The summed E-state index contributed by atoms with van der Waals surface area (Å²) in [6, 6.07) is 15.0. The van der Waals surface area contributed by atoms with E-state index in [4.69, 9.17) is 4.74 Å². The van der Waals surface area contributed by atoms with Gasteiger partial charge in [-0.25, -0.2) is 4.98 Å². The molecule has 8 nitrogen and oxygen atoms in total. The summed E-state index contributed by atoms with van der Waals surface area (Å²) in [6.45, 7) is 4.11. The van der Waals surface area contributed by atoms with Gasteiger partial charge >= 0.3 is 0 Å². The summed E-state index contributed by atoms with van der Waals surface area (Å²) in [4.78, 5) is 20.6. The first-order valence-electron chi connectivity index (χ1n) is 9.96. The Bertz CT molecular complexity index is 1090.